The molecule has 2 aromatic carbocycles. The number of hydrogen-bond donors (Lipinski definition) is 2. The molecule has 6 nitrogen and oxygen atoms in total. The van der Waals surface area contributed by atoms with E-state index in [1.165, 1.54) is 10.9 Å². The number of nitrogens with one attached hydrogen (secondary N) is 1. The zero-order valence-electron chi connectivity index (χ0n) is 18.6. The molecule has 0 spiro atoms. The molecule has 0 aliphatic heterocycles. The van der Waals surface area contributed by atoms with Crippen molar-refractivity contribution in [2.45, 2.75) is 53.4 Å². The highest BCUT2D eigenvalue weighted by atomic mass is 16.3. The Labute approximate surface area is 177 Å². The fourth-order valence-electron chi connectivity index (χ4n) is 4.20. The summed E-state index contributed by atoms with van der Waals surface area (Å²) in [6.07, 6.45) is 2.10. The van der Waals surface area contributed by atoms with Crippen molar-refractivity contribution in [3.05, 3.63) is 54.1 Å². The summed E-state index contributed by atoms with van der Waals surface area (Å²) in [6.45, 7) is 16.2. The maximum absolute atomic E-state index is 12.1. The summed E-state index contributed by atoms with van der Waals surface area (Å²) < 4.78 is 0. The number of anilines is 1. The summed E-state index contributed by atoms with van der Waals surface area (Å²) in [5.41, 5.74) is 3.84. The van der Waals surface area contributed by atoms with Gasteiger partial charge in [-0.15, -0.1) is 15.0 Å². The topological polar surface area (TPSA) is 80.0 Å². The number of fused-ring (bicyclic) bond motifs is 1. The summed E-state index contributed by atoms with van der Waals surface area (Å²) in [4.78, 5) is 13.6. The minimum atomic E-state index is -0.319. The molecule has 1 aromatic heterocycles. The number of benzene rings is 2. The highest BCUT2D eigenvalue weighted by Gasteiger charge is 2.32. The van der Waals surface area contributed by atoms with Gasteiger partial charge in [-0.25, -0.2) is 0 Å². The molecule has 30 heavy (non-hydrogen) atoms. The fraction of sp³-hybridized carbons (Fsp3) is 0.375. The van der Waals surface area contributed by atoms with Gasteiger partial charge in [0.2, 0.25) is 5.91 Å². The Morgan fingerprint density at radius 2 is 1.73 bits per heavy atom. The van der Waals surface area contributed by atoms with E-state index in [1.54, 1.807) is 6.92 Å². The van der Waals surface area contributed by atoms with Gasteiger partial charge < -0.3 is 10.4 Å². The van der Waals surface area contributed by atoms with Gasteiger partial charge in [-0.05, 0) is 54.0 Å². The van der Waals surface area contributed by atoms with E-state index in [4.69, 9.17) is 0 Å². The van der Waals surface area contributed by atoms with Gasteiger partial charge in [0.15, 0.2) is 0 Å². The van der Waals surface area contributed by atoms with Crippen molar-refractivity contribution < 1.29 is 9.90 Å². The van der Waals surface area contributed by atoms with Crippen LogP contribution in [0, 0.1) is 12.3 Å². The highest BCUT2D eigenvalue weighted by molar-refractivity contribution is 6.00. The number of phenols is 1. The summed E-state index contributed by atoms with van der Waals surface area (Å²) in [6, 6.07) is 9.44. The van der Waals surface area contributed by atoms with Crippen molar-refractivity contribution in [1.82, 2.24) is 15.0 Å². The molecule has 0 radical (unpaired) electrons. The lowest BCUT2D eigenvalue weighted by Gasteiger charge is -2.35. The van der Waals surface area contributed by atoms with Gasteiger partial charge in [0, 0.05) is 5.56 Å². The molecule has 0 aliphatic rings. The van der Waals surface area contributed by atoms with E-state index in [2.05, 4.69) is 56.7 Å². The molecule has 2 N–H and O–H groups in total. The van der Waals surface area contributed by atoms with Gasteiger partial charge in [-0.2, -0.15) is 0 Å². The van der Waals surface area contributed by atoms with Crippen LogP contribution >= 0.6 is 0 Å². The van der Waals surface area contributed by atoms with Crippen LogP contribution in [0.15, 0.2) is 43.0 Å². The molecule has 0 atom stereocenters. The average Bonchev–Trinajstić information content (AvgIpc) is 3.07. The SMILES string of the molecule is C=CC(=O)Nc1c(C(C)(C)CC(C)(C)C)cc(-n2nc3ccccc3n2)c(O)c1C. The standard InChI is InChI=1S/C24H30N4O2/c1-8-20(29)25-21-15(2)22(30)19(13-16(21)24(6,7)14-23(3,4)5)28-26-17-11-9-10-12-18(17)27-28/h8-13,30H,1,14H2,2-7H3,(H,25,29). The first-order valence-electron chi connectivity index (χ1n) is 10.1. The molecule has 1 amide bonds. The third kappa shape index (κ3) is 4.22. The zero-order valence-corrected chi connectivity index (χ0v) is 18.6. The Balaban J connectivity index is 2.26. The average molecular weight is 407 g/mol. The molecule has 0 bridgehead atoms. The second-order valence-electron chi connectivity index (χ2n) is 9.58. The van der Waals surface area contributed by atoms with Crippen molar-refractivity contribution in [2.24, 2.45) is 5.41 Å². The van der Waals surface area contributed by atoms with Gasteiger partial charge in [-0.3, -0.25) is 4.79 Å². The molecule has 0 fully saturated rings. The number of aromatic nitrogens is 3. The van der Waals surface area contributed by atoms with Crippen molar-refractivity contribution in [1.29, 1.82) is 0 Å². The predicted octanol–water partition coefficient (Wildman–Crippen LogP) is 5.27. The number of hydrogen-bond acceptors (Lipinski definition) is 4. The minimum absolute atomic E-state index is 0.0324. The first-order chi connectivity index (χ1) is 13.9. The molecule has 0 saturated heterocycles. The van der Waals surface area contributed by atoms with E-state index in [9.17, 15) is 9.90 Å². The normalized spacial score (nSPS) is 12.2. The Hall–Kier alpha value is -3.15. The van der Waals surface area contributed by atoms with E-state index < -0.39 is 0 Å². The maximum atomic E-state index is 12.1. The Bertz CT molecular complexity index is 1090. The van der Waals surface area contributed by atoms with Crippen LogP contribution in [0.5, 0.6) is 5.75 Å². The van der Waals surface area contributed by atoms with Crippen molar-refractivity contribution in [3.8, 4) is 11.4 Å². The smallest absolute Gasteiger partial charge is 0.247 e. The molecular weight excluding hydrogens is 376 g/mol. The summed E-state index contributed by atoms with van der Waals surface area (Å²) in [5.74, 6) is -0.286. The van der Waals surface area contributed by atoms with Crippen molar-refractivity contribution in [2.75, 3.05) is 5.32 Å². The van der Waals surface area contributed by atoms with Crippen LogP contribution in [0.1, 0.15) is 52.2 Å². The van der Waals surface area contributed by atoms with E-state index in [0.717, 1.165) is 23.0 Å². The molecule has 3 aromatic rings. The monoisotopic (exact) mass is 406 g/mol. The van der Waals surface area contributed by atoms with E-state index in [0.29, 0.717) is 16.9 Å². The molecule has 0 unspecified atom stereocenters. The third-order valence-corrected chi connectivity index (χ3v) is 5.16. The number of nitrogens with zero attached hydrogens (tertiary/aromatic N) is 3. The molecular formula is C24H30N4O2. The van der Waals surface area contributed by atoms with E-state index >= 15 is 0 Å². The van der Waals surface area contributed by atoms with Gasteiger partial charge in [0.05, 0.1) is 5.69 Å². The van der Waals surface area contributed by atoms with Crippen LogP contribution in [0.2, 0.25) is 0 Å². The lowest BCUT2D eigenvalue weighted by atomic mass is 9.71. The zero-order chi connectivity index (χ0) is 22.3. The Morgan fingerprint density at radius 3 is 2.23 bits per heavy atom. The second-order valence-corrected chi connectivity index (χ2v) is 9.58. The number of carbonyl (C=O) groups is 1. The van der Waals surface area contributed by atoms with Crippen molar-refractivity contribution >= 4 is 22.6 Å². The second kappa shape index (κ2) is 7.59. The van der Waals surface area contributed by atoms with Gasteiger partial charge in [0.1, 0.15) is 22.5 Å². The van der Waals surface area contributed by atoms with E-state index in [-0.39, 0.29) is 22.5 Å². The first-order valence-corrected chi connectivity index (χ1v) is 10.1. The van der Waals surface area contributed by atoms with Gasteiger partial charge in [-0.1, -0.05) is 53.3 Å². The number of rotatable bonds is 5. The minimum Gasteiger partial charge on any atom is -0.505 e. The number of amides is 1. The van der Waals surface area contributed by atoms with Crippen LogP contribution < -0.4 is 5.32 Å². The predicted molar refractivity (Wildman–Crippen MR) is 121 cm³/mol. The maximum Gasteiger partial charge on any atom is 0.247 e. The van der Waals surface area contributed by atoms with Crippen LogP contribution in [0.25, 0.3) is 16.7 Å². The molecule has 3 rings (SSSR count). The first kappa shape index (κ1) is 21.6. The summed E-state index contributed by atoms with van der Waals surface area (Å²) >= 11 is 0. The van der Waals surface area contributed by atoms with Gasteiger partial charge in [0.25, 0.3) is 0 Å². The van der Waals surface area contributed by atoms with Crippen molar-refractivity contribution in [3.63, 3.8) is 0 Å². The number of carbonyl (C=O) groups excluding carboxylic acids is 1. The Kier molecular flexibility index (Phi) is 5.46. The van der Waals surface area contributed by atoms with E-state index in [1.807, 2.05) is 30.3 Å². The lowest BCUT2D eigenvalue weighted by molar-refractivity contribution is -0.111. The van der Waals surface area contributed by atoms with Crippen LogP contribution in [0.4, 0.5) is 5.69 Å². The number of phenolic OH excluding ortho intramolecular Hbond substituents is 1. The molecule has 158 valence electrons. The Morgan fingerprint density at radius 1 is 1.17 bits per heavy atom. The third-order valence-electron chi connectivity index (χ3n) is 5.16. The summed E-state index contributed by atoms with van der Waals surface area (Å²) in [5, 5.41) is 22.9. The highest BCUT2D eigenvalue weighted by Crippen LogP contribution is 2.44. The largest absolute Gasteiger partial charge is 0.505 e. The molecule has 0 saturated carbocycles. The molecule has 1 heterocycles. The fourth-order valence-corrected chi connectivity index (χ4v) is 4.20. The van der Waals surface area contributed by atoms with Crippen LogP contribution in [-0.2, 0) is 10.2 Å². The van der Waals surface area contributed by atoms with Crippen LogP contribution in [0.3, 0.4) is 0 Å². The summed E-state index contributed by atoms with van der Waals surface area (Å²) in [7, 11) is 0. The quantitative estimate of drug-likeness (QED) is 0.566. The number of aromatic hydroxyl groups is 1. The molecule has 0 aliphatic carbocycles. The van der Waals surface area contributed by atoms with Crippen LogP contribution in [-0.4, -0.2) is 26.0 Å². The lowest BCUT2D eigenvalue weighted by Crippen LogP contribution is -2.27. The van der Waals surface area contributed by atoms with Gasteiger partial charge >= 0.3 is 0 Å². The molecule has 6 heteroatoms.